The van der Waals surface area contributed by atoms with Crippen LogP contribution in [-0.2, 0) is 11.0 Å². The number of amides is 1. The van der Waals surface area contributed by atoms with Gasteiger partial charge >= 0.3 is 6.18 Å². The zero-order chi connectivity index (χ0) is 19.0. The smallest absolute Gasteiger partial charge is 0.367 e. The third kappa shape index (κ3) is 4.15. The molecule has 144 valence electrons. The van der Waals surface area contributed by atoms with Crippen molar-refractivity contribution in [3.8, 4) is 0 Å². The molecule has 2 aliphatic rings. The van der Waals surface area contributed by atoms with Gasteiger partial charge in [0.05, 0.1) is 11.9 Å². The molecule has 27 heavy (non-hydrogen) atoms. The quantitative estimate of drug-likeness (QED) is 0.858. The van der Waals surface area contributed by atoms with Crippen molar-refractivity contribution in [3.05, 3.63) is 29.4 Å². The van der Waals surface area contributed by atoms with Crippen LogP contribution >= 0.6 is 11.3 Å². The largest absolute Gasteiger partial charge is 0.434 e. The first-order valence-corrected chi connectivity index (χ1v) is 9.57. The molecule has 0 aromatic carbocycles. The Kier molecular flexibility index (Phi) is 4.67. The lowest BCUT2D eigenvalue weighted by molar-refractivity contribution is -0.140. The van der Waals surface area contributed by atoms with Crippen LogP contribution in [0.5, 0.6) is 0 Å². The van der Waals surface area contributed by atoms with Crippen molar-refractivity contribution in [1.82, 2.24) is 9.97 Å². The fourth-order valence-electron chi connectivity index (χ4n) is 2.92. The number of piperazine rings is 1. The van der Waals surface area contributed by atoms with E-state index in [-0.39, 0.29) is 11.8 Å². The van der Waals surface area contributed by atoms with E-state index in [2.05, 4.69) is 20.2 Å². The Labute approximate surface area is 158 Å². The maximum atomic E-state index is 12.7. The number of pyridine rings is 1. The number of carbonyl (C=O) groups is 1. The number of halogens is 3. The van der Waals surface area contributed by atoms with Crippen molar-refractivity contribution in [2.24, 2.45) is 5.92 Å². The highest BCUT2D eigenvalue weighted by molar-refractivity contribution is 7.13. The highest BCUT2D eigenvalue weighted by Crippen LogP contribution is 2.33. The first kappa shape index (κ1) is 18.0. The van der Waals surface area contributed by atoms with Crippen LogP contribution in [0, 0.1) is 5.92 Å². The number of aromatic nitrogens is 2. The second kappa shape index (κ2) is 6.99. The predicted octanol–water partition coefficient (Wildman–Crippen LogP) is 3.23. The summed E-state index contributed by atoms with van der Waals surface area (Å²) < 4.78 is 38.1. The lowest BCUT2D eigenvalue weighted by atomic mass is 10.3. The fraction of sp³-hybridized carbons (Fsp3) is 0.471. The molecule has 0 spiro atoms. The van der Waals surface area contributed by atoms with Gasteiger partial charge in [0.15, 0.2) is 10.8 Å². The van der Waals surface area contributed by atoms with E-state index in [0.717, 1.165) is 35.2 Å². The summed E-state index contributed by atoms with van der Waals surface area (Å²) >= 11 is 1.02. The van der Waals surface area contributed by atoms with E-state index < -0.39 is 11.9 Å². The number of hydrogen-bond acceptors (Lipinski definition) is 6. The lowest BCUT2D eigenvalue weighted by Crippen LogP contribution is -2.46. The number of nitrogens with zero attached hydrogens (tertiary/aromatic N) is 4. The number of nitrogens with one attached hydrogen (secondary N) is 1. The Morgan fingerprint density at radius 1 is 1.15 bits per heavy atom. The summed E-state index contributed by atoms with van der Waals surface area (Å²) in [7, 11) is 0. The second-order valence-corrected chi connectivity index (χ2v) is 7.49. The molecule has 1 aliphatic carbocycles. The van der Waals surface area contributed by atoms with Crippen molar-refractivity contribution in [2.45, 2.75) is 19.0 Å². The van der Waals surface area contributed by atoms with Crippen LogP contribution in [0.2, 0.25) is 0 Å². The van der Waals surface area contributed by atoms with Gasteiger partial charge in [-0.2, -0.15) is 13.2 Å². The van der Waals surface area contributed by atoms with Gasteiger partial charge < -0.3 is 15.1 Å². The van der Waals surface area contributed by atoms with Gasteiger partial charge in [-0.1, -0.05) is 0 Å². The minimum absolute atomic E-state index is 0.0190. The Bertz CT molecular complexity index is 811. The number of carbonyl (C=O) groups excluding carboxylic acids is 1. The minimum atomic E-state index is -4.40. The number of hydrogen-bond donors (Lipinski definition) is 1. The van der Waals surface area contributed by atoms with Gasteiger partial charge in [-0.3, -0.25) is 4.79 Å². The van der Waals surface area contributed by atoms with E-state index in [9.17, 15) is 18.0 Å². The zero-order valence-corrected chi connectivity index (χ0v) is 15.2. The third-order valence-electron chi connectivity index (χ3n) is 4.65. The molecule has 2 aromatic rings. The van der Waals surface area contributed by atoms with E-state index in [1.165, 1.54) is 0 Å². The number of anilines is 3. The van der Waals surface area contributed by atoms with Crippen LogP contribution in [0.4, 0.5) is 29.8 Å². The molecule has 0 atom stereocenters. The average Bonchev–Trinajstić information content (AvgIpc) is 3.38. The Morgan fingerprint density at radius 3 is 2.41 bits per heavy atom. The molecule has 1 aliphatic heterocycles. The number of rotatable bonds is 4. The van der Waals surface area contributed by atoms with Gasteiger partial charge in [0.2, 0.25) is 5.91 Å². The molecule has 1 saturated heterocycles. The lowest BCUT2D eigenvalue weighted by Gasteiger charge is -2.35. The van der Waals surface area contributed by atoms with Crippen molar-refractivity contribution in [3.63, 3.8) is 0 Å². The Balaban J connectivity index is 1.33. The van der Waals surface area contributed by atoms with E-state index in [4.69, 9.17) is 0 Å². The third-order valence-corrected chi connectivity index (χ3v) is 5.55. The molecule has 0 unspecified atom stereocenters. The highest BCUT2D eigenvalue weighted by Gasteiger charge is 2.34. The van der Waals surface area contributed by atoms with Crippen molar-refractivity contribution in [2.75, 3.05) is 41.3 Å². The molecule has 1 amide bonds. The SMILES string of the molecule is O=C(Nc1ccc(N2CCN(c3nc(C(F)(F)F)cs3)CC2)cn1)C1CC1. The molecule has 1 saturated carbocycles. The topological polar surface area (TPSA) is 61.4 Å². The molecular formula is C17H18F3N5OS. The van der Waals surface area contributed by atoms with Gasteiger partial charge in [0.1, 0.15) is 5.82 Å². The molecule has 10 heteroatoms. The van der Waals surface area contributed by atoms with Crippen LogP contribution in [0.1, 0.15) is 18.5 Å². The summed E-state index contributed by atoms with van der Waals surface area (Å²) in [6, 6.07) is 3.68. The van der Waals surface area contributed by atoms with Crippen LogP contribution < -0.4 is 15.1 Å². The fourth-order valence-corrected chi connectivity index (χ4v) is 3.80. The van der Waals surface area contributed by atoms with E-state index >= 15 is 0 Å². The molecule has 6 nitrogen and oxygen atoms in total. The number of thiazole rings is 1. The first-order valence-electron chi connectivity index (χ1n) is 8.70. The highest BCUT2D eigenvalue weighted by atomic mass is 32.1. The second-order valence-electron chi connectivity index (χ2n) is 6.65. The van der Waals surface area contributed by atoms with Gasteiger partial charge in [-0.25, -0.2) is 9.97 Å². The van der Waals surface area contributed by atoms with E-state index in [1.54, 1.807) is 12.3 Å². The summed E-state index contributed by atoms with van der Waals surface area (Å²) in [5.41, 5.74) is 0.0900. The van der Waals surface area contributed by atoms with Gasteiger partial charge in [0.25, 0.3) is 0 Å². The summed E-state index contributed by atoms with van der Waals surface area (Å²) in [6.07, 6.45) is -0.808. The van der Waals surface area contributed by atoms with Gasteiger partial charge in [-0.05, 0) is 25.0 Å². The van der Waals surface area contributed by atoms with Crippen LogP contribution in [-0.4, -0.2) is 42.1 Å². The van der Waals surface area contributed by atoms with Crippen LogP contribution in [0.25, 0.3) is 0 Å². The predicted molar refractivity (Wildman–Crippen MR) is 97.1 cm³/mol. The summed E-state index contributed by atoms with van der Waals surface area (Å²) in [4.78, 5) is 23.7. The Morgan fingerprint density at radius 2 is 1.85 bits per heavy atom. The minimum Gasteiger partial charge on any atom is -0.367 e. The van der Waals surface area contributed by atoms with Gasteiger partial charge in [0, 0.05) is 37.5 Å². The molecule has 0 bridgehead atoms. The molecular weight excluding hydrogens is 379 g/mol. The molecule has 3 heterocycles. The zero-order valence-electron chi connectivity index (χ0n) is 14.4. The normalized spacial score (nSPS) is 17.9. The van der Waals surface area contributed by atoms with Gasteiger partial charge in [-0.15, -0.1) is 11.3 Å². The molecule has 2 fully saturated rings. The van der Waals surface area contributed by atoms with Crippen molar-refractivity contribution >= 4 is 33.9 Å². The summed E-state index contributed by atoms with van der Waals surface area (Å²) in [5, 5.41) is 4.26. The molecule has 4 rings (SSSR count). The first-order chi connectivity index (χ1) is 12.9. The van der Waals surface area contributed by atoms with E-state index in [1.807, 2.05) is 11.0 Å². The summed E-state index contributed by atoms with van der Waals surface area (Å²) in [6.45, 7) is 2.50. The van der Waals surface area contributed by atoms with E-state index in [0.29, 0.717) is 37.1 Å². The maximum absolute atomic E-state index is 12.7. The van der Waals surface area contributed by atoms with Crippen molar-refractivity contribution in [1.29, 1.82) is 0 Å². The van der Waals surface area contributed by atoms with Crippen LogP contribution in [0.3, 0.4) is 0 Å². The standard InChI is InChI=1S/C17H18F3N5OS/c18-17(19,20)13-10-27-16(22-13)25-7-5-24(6-8-25)12-3-4-14(21-9-12)23-15(26)11-1-2-11/h3-4,9-11H,1-2,5-8H2,(H,21,23,26). The average molecular weight is 397 g/mol. The van der Waals surface area contributed by atoms with Crippen molar-refractivity contribution < 1.29 is 18.0 Å². The number of alkyl halides is 3. The molecule has 0 radical (unpaired) electrons. The summed E-state index contributed by atoms with van der Waals surface area (Å²) in [5.74, 6) is 0.686. The maximum Gasteiger partial charge on any atom is 0.434 e. The Hall–Kier alpha value is -2.36. The monoisotopic (exact) mass is 397 g/mol. The molecule has 2 aromatic heterocycles. The molecule has 1 N–H and O–H groups in total. The van der Waals surface area contributed by atoms with Crippen LogP contribution in [0.15, 0.2) is 23.7 Å².